The van der Waals surface area contributed by atoms with Gasteiger partial charge in [-0.05, 0) is 18.2 Å². The molecule has 72 valence electrons. The van der Waals surface area contributed by atoms with Crippen LogP contribution in [0.1, 0.15) is 15.9 Å². The quantitative estimate of drug-likeness (QED) is 0.752. The number of carboxylic acids is 1. The largest absolute Gasteiger partial charge is 0.478 e. The molecule has 0 radical (unpaired) electrons. The van der Waals surface area contributed by atoms with Crippen LogP contribution >= 0.6 is 0 Å². The van der Waals surface area contributed by atoms with E-state index in [9.17, 15) is 4.79 Å². The molecule has 0 spiro atoms. The van der Waals surface area contributed by atoms with Gasteiger partial charge in [-0.2, -0.15) is 5.11 Å². The van der Waals surface area contributed by atoms with Crippen molar-refractivity contribution in [3.63, 3.8) is 0 Å². The van der Waals surface area contributed by atoms with Gasteiger partial charge in [-0.15, -0.1) is 5.11 Å². The molecule has 0 atom stereocenters. The van der Waals surface area contributed by atoms with Crippen molar-refractivity contribution in [2.45, 2.75) is 0 Å². The van der Waals surface area contributed by atoms with Crippen molar-refractivity contribution < 1.29 is 9.90 Å². The third-order valence-corrected chi connectivity index (χ3v) is 2.34. The molecule has 0 amide bonds. The van der Waals surface area contributed by atoms with Crippen molar-refractivity contribution in [1.82, 2.24) is 0 Å². The molecule has 15 heavy (non-hydrogen) atoms. The van der Waals surface area contributed by atoms with Gasteiger partial charge in [0.05, 0.1) is 23.0 Å². The lowest BCUT2D eigenvalue weighted by molar-refractivity contribution is 0.0697. The standard InChI is InChI=1S/C10H5N3O2/c14-10(15)5-1-2-8-6(3-5)7-4-11-13-9(7)12-8/h1-4H,(H,14,15). The Morgan fingerprint density at radius 2 is 2.20 bits per heavy atom. The Morgan fingerprint density at radius 1 is 1.33 bits per heavy atom. The van der Waals surface area contributed by atoms with E-state index in [0.29, 0.717) is 5.84 Å². The topological polar surface area (TPSA) is 74.4 Å². The fourth-order valence-electron chi connectivity index (χ4n) is 1.62. The Bertz CT molecular complexity index is 570. The van der Waals surface area contributed by atoms with E-state index in [0.717, 1.165) is 16.8 Å². The van der Waals surface area contributed by atoms with Crippen LogP contribution in [0.15, 0.2) is 39.6 Å². The molecule has 0 bridgehead atoms. The molecular weight excluding hydrogens is 194 g/mol. The number of amidine groups is 1. The predicted octanol–water partition coefficient (Wildman–Crippen LogP) is 2.24. The average Bonchev–Trinajstić information content (AvgIpc) is 2.75. The summed E-state index contributed by atoms with van der Waals surface area (Å²) in [4.78, 5) is 15.0. The fourth-order valence-corrected chi connectivity index (χ4v) is 1.62. The highest BCUT2D eigenvalue weighted by molar-refractivity contribution is 6.29. The predicted molar refractivity (Wildman–Crippen MR) is 53.3 cm³/mol. The first-order valence-corrected chi connectivity index (χ1v) is 4.33. The molecule has 0 aromatic heterocycles. The number of carboxylic acid groups (broad SMARTS) is 1. The Hall–Kier alpha value is -2.30. The Morgan fingerprint density at radius 3 is 3.00 bits per heavy atom. The summed E-state index contributed by atoms with van der Waals surface area (Å²) in [6.45, 7) is 0. The number of rotatable bonds is 1. The third kappa shape index (κ3) is 1.03. The summed E-state index contributed by atoms with van der Waals surface area (Å²) < 4.78 is 0. The summed E-state index contributed by atoms with van der Waals surface area (Å²) >= 11 is 0. The number of aliphatic imine (C=N–C) groups is 1. The molecule has 0 aliphatic carbocycles. The fraction of sp³-hybridized carbons (Fsp3) is 0. The van der Waals surface area contributed by atoms with E-state index in [4.69, 9.17) is 5.11 Å². The van der Waals surface area contributed by atoms with Crippen LogP contribution in [-0.4, -0.2) is 16.9 Å². The zero-order valence-electron chi connectivity index (χ0n) is 7.51. The van der Waals surface area contributed by atoms with Gasteiger partial charge in [-0.1, -0.05) is 0 Å². The molecule has 5 nitrogen and oxygen atoms in total. The van der Waals surface area contributed by atoms with Gasteiger partial charge in [-0.25, -0.2) is 9.79 Å². The van der Waals surface area contributed by atoms with Gasteiger partial charge in [-0.3, -0.25) is 0 Å². The number of azo groups is 1. The summed E-state index contributed by atoms with van der Waals surface area (Å²) in [6, 6.07) is 4.81. The van der Waals surface area contributed by atoms with E-state index in [1.54, 1.807) is 18.3 Å². The zero-order valence-corrected chi connectivity index (χ0v) is 7.51. The van der Waals surface area contributed by atoms with Crippen molar-refractivity contribution in [2.24, 2.45) is 15.2 Å². The van der Waals surface area contributed by atoms with Crippen molar-refractivity contribution in [1.29, 1.82) is 0 Å². The van der Waals surface area contributed by atoms with Crippen LogP contribution in [-0.2, 0) is 0 Å². The summed E-state index contributed by atoms with van der Waals surface area (Å²) in [7, 11) is 0. The van der Waals surface area contributed by atoms with E-state index in [1.165, 1.54) is 6.07 Å². The molecule has 1 aromatic rings. The highest BCUT2D eigenvalue weighted by atomic mass is 16.4. The SMILES string of the molecule is O=C(O)c1ccc2c(c1)C1=CN=NC1=N2. The summed E-state index contributed by atoms with van der Waals surface area (Å²) in [6.07, 6.45) is 1.59. The van der Waals surface area contributed by atoms with Crippen molar-refractivity contribution >= 4 is 23.1 Å². The Kier molecular flexibility index (Phi) is 1.39. The van der Waals surface area contributed by atoms with E-state index in [-0.39, 0.29) is 5.56 Å². The van der Waals surface area contributed by atoms with Crippen LogP contribution < -0.4 is 0 Å². The molecule has 0 fully saturated rings. The van der Waals surface area contributed by atoms with Gasteiger partial charge in [0.25, 0.3) is 0 Å². The minimum atomic E-state index is -0.946. The molecule has 0 saturated heterocycles. The lowest BCUT2D eigenvalue weighted by Gasteiger charge is -1.99. The molecular formula is C10H5N3O2. The maximum absolute atomic E-state index is 10.8. The lowest BCUT2D eigenvalue weighted by Crippen LogP contribution is -1.96. The van der Waals surface area contributed by atoms with E-state index >= 15 is 0 Å². The first-order chi connectivity index (χ1) is 7.25. The minimum absolute atomic E-state index is 0.248. The van der Waals surface area contributed by atoms with Gasteiger partial charge >= 0.3 is 5.97 Å². The van der Waals surface area contributed by atoms with Gasteiger partial charge in [0, 0.05) is 5.56 Å². The second kappa shape index (κ2) is 2.60. The highest BCUT2D eigenvalue weighted by Crippen LogP contribution is 2.37. The lowest BCUT2D eigenvalue weighted by atomic mass is 10.0. The second-order valence-corrected chi connectivity index (χ2v) is 3.23. The van der Waals surface area contributed by atoms with Gasteiger partial charge in [0.1, 0.15) is 0 Å². The van der Waals surface area contributed by atoms with E-state index in [1.807, 2.05) is 0 Å². The summed E-state index contributed by atoms with van der Waals surface area (Å²) in [5.41, 5.74) is 2.58. The molecule has 1 aromatic carbocycles. The van der Waals surface area contributed by atoms with Crippen LogP contribution in [0.25, 0.3) is 5.57 Å². The van der Waals surface area contributed by atoms with Crippen LogP contribution in [0.4, 0.5) is 5.69 Å². The van der Waals surface area contributed by atoms with Crippen molar-refractivity contribution in [2.75, 3.05) is 0 Å². The van der Waals surface area contributed by atoms with Crippen molar-refractivity contribution in [3.8, 4) is 0 Å². The molecule has 2 heterocycles. The molecule has 2 aliphatic rings. The molecule has 5 heteroatoms. The molecule has 1 N–H and O–H groups in total. The number of fused-ring (bicyclic) bond motifs is 3. The Labute approximate surface area is 84.5 Å². The molecule has 0 unspecified atom stereocenters. The minimum Gasteiger partial charge on any atom is -0.478 e. The average molecular weight is 199 g/mol. The molecule has 2 aliphatic heterocycles. The van der Waals surface area contributed by atoms with Crippen LogP contribution in [0.3, 0.4) is 0 Å². The number of hydrogen-bond donors (Lipinski definition) is 1. The number of benzene rings is 1. The summed E-state index contributed by atoms with van der Waals surface area (Å²) in [5, 5.41) is 16.4. The molecule has 3 rings (SSSR count). The second-order valence-electron chi connectivity index (χ2n) is 3.23. The summed E-state index contributed by atoms with van der Waals surface area (Å²) in [5.74, 6) is -0.383. The smallest absolute Gasteiger partial charge is 0.335 e. The highest BCUT2D eigenvalue weighted by Gasteiger charge is 2.24. The number of hydrogen-bond acceptors (Lipinski definition) is 4. The van der Waals surface area contributed by atoms with Crippen molar-refractivity contribution in [3.05, 3.63) is 35.5 Å². The van der Waals surface area contributed by atoms with Gasteiger partial charge in [0.2, 0.25) is 0 Å². The maximum Gasteiger partial charge on any atom is 0.335 e. The first-order valence-electron chi connectivity index (χ1n) is 4.33. The molecule has 0 saturated carbocycles. The van der Waals surface area contributed by atoms with Crippen LogP contribution in [0, 0.1) is 0 Å². The van der Waals surface area contributed by atoms with E-state index < -0.39 is 5.97 Å². The Balaban J connectivity index is 2.19. The van der Waals surface area contributed by atoms with E-state index in [2.05, 4.69) is 15.2 Å². The van der Waals surface area contributed by atoms with Crippen LogP contribution in [0.2, 0.25) is 0 Å². The number of aromatic carboxylic acids is 1. The zero-order chi connectivity index (χ0) is 10.4. The number of nitrogens with zero attached hydrogens (tertiary/aromatic N) is 3. The maximum atomic E-state index is 10.8. The first kappa shape index (κ1) is 8.05. The van der Waals surface area contributed by atoms with Gasteiger partial charge < -0.3 is 5.11 Å². The number of carbonyl (C=O) groups is 1. The normalized spacial score (nSPS) is 15.7. The third-order valence-electron chi connectivity index (χ3n) is 2.34. The van der Waals surface area contributed by atoms with Crippen LogP contribution in [0.5, 0.6) is 0 Å². The monoisotopic (exact) mass is 199 g/mol. The van der Waals surface area contributed by atoms with Gasteiger partial charge in [0.15, 0.2) is 5.84 Å².